The van der Waals surface area contributed by atoms with Gasteiger partial charge in [-0.3, -0.25) is 4.79 Å². The van der Waals surface area contributed by atoms with E-state index in [0.717, 1.165) is 19.3 Å². The number of carbonyl (C=O) groups is 1. The molecular weight excluding hydrogens is 144 g/mol. The van der Waals surface area contributed by atoms with Crippen LogP contribution in [0.3, 0.4) is 0 Å². The number of ether oxygens (including phenoxy) is 2. The van der Waals surface area contributed by atoms with Crippen molar-refractivity contribution in [3.05, 3.63) is 0 Å². The van der Waals surface area contributed by atoms with Gasteiger partial charge in [0.05, 0.1) is 25.2 Å². The minimum absolute atomic E-state index is 0.0266. The summed E-state index contributed by atoms with van der Waals surface area (Å²) in [6.07, 6.45) is 3.52. The average molecular weight is 156 g/mol. The molecule has 2 heterocycles. The van der Waals surface area contributed by atoms with Crippen molar-refractivity contribution in [2.75, 3.05) is 7.11 Å². The van der Waals surface area contributed by atoms with Crippen molar-refractivity contribution < 1.29 is 14.3 Å². The molecule has 3 nitrogen and oxygen atoms in total. The fourth-order valence-corrected chi connectivity index (χ4v) is 2.04. The van der Waals surface area contributed by atoms with E-state index in [2.05, 4.69) is 4.74 Å². The third-order valence-electron chi connectivity index (χ3n) is 2.61. The molecule has 0 aromatic heterocycles. The van der Waals surface area contributed by atoms with E-state index in [4.69, 9.17) is 4.74 Å². The molecule has 3 atom stereocenters. The molecule has 2 aliphatic heterocycles. The zero-order valence-corrected chi connectivity index (χ0v) is 6.58. The van der Waals surface area contributed by atoms with Crippen LogP contribution in [0.25, 0.3) is 0 Å². The molecule has 0 aromatic carbocycles. The molecule has 0 radical (unpaired) electrons. The van der Waals surface area contributed by atoms with Crippen LogP contribution in [0.2, 0.25) is 0 Å². The second-order valence-electron chi connectivity index (χ2n) is 3.24. The van der Waals surface area contributed by atoms with Gasteiger partial charge in [0, 0.05) is 0 Å². The summed E-state index contributed by atoms with van der Waals surface area (Å²) in [6.45, 7) is 0. The molecule has 2 fully saturated rings. The highest BCUT2D eigenvalue weighted by atomic mass is 16.5. The highest BCUT2D eigenvalue weighted by Gasteiger charge is 2.44. The Hall–Kier alpha value is -0.570. The molecule has 2 bridgehead atoms. The van der Waals surface area contributed by atoms with Crippen LogP contribution in [0, 0.1) is 5.92 Å². The summed E-state index contributed by atoms with van der Waals surface area (Å²) in [6, 6.07) is 0. The maximum absolute atomic E-state index is 11.1. The lowest BCUT2D eigenvalue weighted by molar-refractivity contribution is -0.147. The fraction of sp³-hybridized carbons (Fsp3) is 0.875. The van der Waals surface area contributed by atoms with Gasteiger partial charge < -0.3 is 9.47 Å². The van der Waals surface area contributed by atoms with E-state index < -0.39 is 0 Å². The van der Waals surface area contributed by atoms with Crippen LogP contribution in [-0.4, -0.2) is 25.3 Å². The first kappa shape index (κ1) is 7.10. The maximum atomic E-state index is 11.1. The molecule has 0 aliphatic carbocycles. The van der Waals surface area contributed by atoms with Crippen LogP contribution in [0.4, 0.5) is 0 Å². The van der Waals surface area contributed by atoms with E-state index in [0.29, 0.717) is 6.10 Å². The first-order chi connectivity index (χ1) is 5.31. The van der Waals surface area contributed by atoms with Gasteiger partial charge in [-0.05, 0) is 19.3 Å². The quantitative estimate of drug-likeness (QED) is 0.525. The number of hydrogen-bond acceptors (Lipinski definition) is 3. The lowest BCUT2D eigenvalue weighted by atomic mass is 9.89. The molecule has 2 saturated heterocycles. The lowest BCUT2D eigenvalue weighted by Gasteiger charge is -2.14. The standard InChI is InChI=1S/C8H12O3/c1-10-8(9)6-4-5-2-3-7(6)11-5/h5-7H,2-4H2,1H3. The Morgan fingerprint density at radius 2 is 2.36 bits per heavy atom. The van der Waals surface area contributed by atoms with Crippen LogP contribution in [-0.2, 0) is 14.3 Å². The molecule has 0 N–H and O–H groups in total. The second-order valence-corrected chi connectivity index (χ2v) is 3.24. The van der Waals surface area contributed by atoms with Crippen LogP contribution in [0.15, 0.2) is 0 Å². The zero-order valence-electron chi connectivity index (χ0n) is 6.58. The summed E-state index contributed by atoms with van der Waals surface area (Å²) >= 11 is 0. The van der Waals surface area contributed by atoms with Crippen molar-refractivity contribution in [3.63, 3.8) is 0 Å². The predicted octanol–water partition coefficient (Wildman–Crippen LogP) is 0.727. The molecule has 0 saturated carbocycles. The third-order valence-corrected chi connectivity index (χ3v) is 2.61. The number of methoxy groups -OCH3 is 1. The number of fused-ring (bicyclic) bond motifs is 2. The van der Waals surface area contributed by atoms with Crippen molar-refractivity contribution >= 4 is 5.97 Å². The van der Waals surface area contributed by atoms with E-state index in [9.17, 15) is 4.79 Å². The van der Waals surface area contributed by atoms with E-state index in [1.807, 2.05) is 0 Å². The molecule has 0 amide bonds. The highest BCUT2D eigenvalue weighted by molar-refractivity contribution is 5.73. The Bertz CT molecular complexity index is 178. The van der Waals surface area contributed by atoms with E-state index in [-0.39, 0.29) is 18.0 Å². The molecule has 62 valence electrons. The van der Waals surface area contributed by atoms with Crippen LogP contribution >= 0.6 is 0 Å². The number of hydrogen-bond donors (Lipinski definition) is 0. The highest BCUT2D eigenvalue weighted by Crippen LogP contribution is 2.39. The zero-order chi connectivity index (χ0) is 7.84. The van der Waals surface area contributed by atoms with Crippen molar-refractivity contribution in [1.82, 2.24) is 0 Å². The SMILES string of the molecule is COC(=O)C1CC2CCC1O2. The van der Waals surface area contributed by atoms with Gasteiger partial charge >= 0.3 is 5.97 Å². The van der Waals surface area contributed by atoms with Gasteiger partial charge in [0.25, 0.3) is 0 Å². The fourth-order valence-electron chi connectivity index (χ4n) is 2.04. The molecule has 11 heavy (non-hydrogen) atoms. The summed E-state index contributed by atoms with van der Waals surface area (Å²) in [4.78, 5) is 11.1. The Morgan fingerprint density at radius 3 is 2.82 bits per heavy atom. The smallest absolute Gasteiger partial charge is 0.311 e. The summed E-state index contributed by atoms with van der Waals surface area (Å²) in [5.74, 6) is -0.0732. The molecule has 3 unspecified atom stereocenters. The van der Waals surface area contributed by atoms with Crippen molar-refractivity contribution in [1.29, 1.82) is 0 Å². The van der Waals surface area contributed by atoms with E-state index in [1.165, 1.54) is 7.11 Å². The molecule has 0 spiro atoms. The summed E-state index contributed by atoms with van der Waals surface area (Å²) in [7, 11) is 1.44. The average Bonchev–Trinajstić information content (AvgIpc) is 2.62. The Kier molecular flexibility index (Phi) is 1.60. The van der Waals surface area contributed by atoms with Gasteiger partial charge in [-0.2, -0.15) is 0 Å². The molecule has 0 aromatic rings. The van der Waals surface area contributed by atoms with Gasteiger partial charge in [-0.1, -0.05) is 0 Å². The van der Waals surface area contributed by atoms with Crippen LogP contribution in [0.5, 0.6) is 0 Å². The Balaban J connectivity index is 2.02. The van der Waals surface area contributed by atoms with Gasteiger partial charge in [0.2, 0.25) is 0 Å². The topological polar surface area (TPSA) is 35.5 Å². The van der Waals surface area contributed by atoms with Gasteiger partial charge in [0.15, 0.2) is 0 Å². The van der Waals surface area contributed by atoms with Crippen molar-refractivity contribution in [2.24, 2.45) is 5.92 Å². The molecule has 2 aliphatic rings. The Morgan fingerprint density at radius 1 is 1.55 bits per heavy atom. The number of esters is 1. The Labute approximate surface area is 65.7 Å². The molecular formula is C8H12O3. The summed E-state index contributed by atoms with van der Waals surface area (Å²) in [5, 5.41) is 0. The summed E-state index contributed by atoms with van der Waals surface area (Å²) < 4.78 is 10.2. The molecule has 3 heteroatoms. The summed E-state index contributed by atoms with van der Waals surface area (Å²) in [5.41, 5.74) is 0. The second kappa shape index (κ2) is 2.48. The van der Waals surface area contributed by atoms with Gasteiger partial charge in [0.1, 0.15) is 0 Å². The molecule has 2 rings (SSSR count). The van der Waals surface area contributed by atoms with Gasteiger partial charge in [-0.25, -0.2) is 0 Å². The van der Waals surface area contributed by atoms with Crippen LogP contribution < -0.4 is 0 Å². The first-order valence-corrected chi connectivity index (χ1v) is 4.04. The maximum Gasteiger partial charge on any atom is 0.311 e. The van der Waals surface area contributed by atoms with Crippen molar-refractivity contribution in [3.8, 4) is 0 Å². The first-order valence-electron chi connectivity index (χ1n) is 4.04. The largest absolute Gasteiger partial charge is 0.469 e. The van der Waals surface area contributed by atoms with E-state index in [1.54, 1.807) is 0 Å². The minimum Gasteiger partial charge on any atom is -0.469 e. The van der Waals surface area contributed by atoms with Crippen molar-refractivity contribution in [2.45, 2.75) is 31.5 Å². The lowest BCUT2D eigenvalue weighted by Crippen LogP contribution is -2.26. The third kappa shape index (κ3) is 1.03. The number of carbonyl (C=O) groups excluding carboxylic acids is 1. The van der Waals surface area contributed by atoms with Gasteiger partial charge in [-0.15, -0.1) is 0 Å². The van der Waals surface area contributed by atoms with Crippen LogP contribution in [0.1, 0.15) is 19.3 Å². The minimum atomic E-state index is -0.0998. The number of rotatable bonds is 1. The monoisotopic (exact) mass is 156 g/mol. The van der Waals surface area contributed by atoms with E-state index >= 15 is 0 Å². The predicted molar refractivity (Wildman–Crippen MR) is 38.0 cm³/mol. The normalized spacial score (nSPS) is 41.0.